The molecular weight excluding hydrogens is 304 g/mol. The molecule has 0 bridgehead atoms. The molecule has 0 spiro atoms. The lowest BCUT2D eigenvalue weighted by Gasteiger charge is -2.28. The highest BCUT2D eigenvalue weighted by atomic mass is 16.4. The zero-order valence-electron chi connectivity index (χ0n) is 13.3. The van der Waals surface area contributed by atoms with Crippen LogP contribution in [0, 0.1) is 5.92 Å². The number of hydrogen-bond acceptors (Lipinski definition) is 5. The Hall–Kier alpha value is -2.16. The Morgan fingerprint density at radius 1 is 1.30 bits per heavy atom. The number of rotatable bonds is 7. The van der Waals surface area contributed by atoms with Gasteiger partial charge in [0.05, 0.1) is 12.5 Å². The number of carboxylic acid groups (broad SMARTS) is 1. The number of nitrogens with one attached hydrogen (secondary N) is 1. The van der Waals surface area contributed by atoms with Gasteiger partial charge >= 0.3 is 5.97 Å². The third kappa shape index (κ3) is 4.92. The standard InChI is InChI=1S/C14H24N4O5/c1-7(2)11(16)12(20)17-8(6-10(15)19)13(21)18-5-3-4-9(18)14(22)23/h7-9,11H,3-6,16H2,1-2H3,(H2,15,19)(H,17,20)(H,22,23)/t8-,9-,11-/m0/s1. The predicted molar refractivity (Wildman–Crippen MR) is 80.9 cm³/mol. The Labute approximate surface area is 134 Å². The molecule has 0 unspecified atom stereocenters. The van der Waals surface area contributed by atoms with E-state index in [0.29, 0.717) is 12.8 Å². The van der Waals surface area contributed by atoms with E-state index in [1.165, 1.54) is 0 Å². The number of carbonyl (C=O) groups excluding carboxylic acids is 3. The maximum Gasteiger partial charge on any atom is 0.326 e. The first kappa shape index (κ1) is 18.9. The van der Waals surface area contributed by atoms with Crippen molar-refractivity contribution in [1.82, 2.24) is 10.2 Å². The quantitative estimate of drug-likeness (QED) is 0.441. The van der Waals surface area contributed by atoms with Crippen molar-refractivity contribution in [2.45, 2.75) is 51.2 Å². The van der Waals surface area contributed by atoms with Crippen LogP contribution in [0.25, 0.3) is 0 Å². The molecule has 0 aromatic carbocycles. The van der Waals surface area contributed by atoms with Crippen molar-refractivity contribution in [2.75, 3.05) is 6.54 Å². The molecule has 1 aliphatic heterocycles. The topological polar surface area (TPSA) is 156 Å². The second-order valence-electron chi connectivity index (χ2n) is 6.03. The Morgan fingerprint density at radius 2 is 1.91 bits per heavy atom. The van der Waals surface area contributed by atoms with Crippen LogP contribution in [-0.2, 0) is 19.2 Å². The van der Waals surface area contributed by atoms with Crippen molar-refractivity contribution < 1.29 is 24.3 Å². The SMILES string of the molecule is CC(C)[C@H](N)C(=O)N[C@@H](CC(N)=O)C(=O)N1CCC[C@H]1C(=O)O. The monoisotopic (exact) mass is 328 g/mol. The van der Waals surface area contributed by atoms with Crippen LogP contribution in [0.4, 0.5) is 0 Å². The van der Waals surface area contributed by atoms with Crippen LogP contribution in [-0.4, -0.2) is 58.4 Å². The first-order valence-corrected chi connectivity index (χ1v) is 7.52. The Balaban J connectivity index is 2.88. The fraction of sp³-hybridized carbons (Fsp3) is 0.714. The lowest BCUT2D eigenvalue weighted by atomic mass is 10.0. The number of nitrogens with zero attached hydrogens (tertiary/aromatic N) is 1. The van der Waals surface area contributed by atoms with Gasteiger partial charge in [-0.25, -0.2) is 4.79 Å². The number of nitrogens with two attached hydrogens (primary N) is 2. The Kier molecular flexibility index (Phi) is 6.49. The second kappa shape index (κ2) is 7.91. The number of aliphatic carboxylic acids is 1. The van der Waals surface area contributed by atoms with Crippen LogP contribution in [0.2, 0.25) is 0 Å². The summed E-state index contributed by atoms with van der Waals surface area (Å²) in [5, 5.41) is 11.6. The molecule has 1 rings (SSSR count). The maximum absolute atomic E-state index is 12.5. The van der Waals surface area contributed by atoms with Crippen molar-refractivity contribution in [3.05, 3.63) is 0 Å². The Bertz CT molecular complexity index is 494. The molecule has 9 nitrogen and oxygen atoms in total. The average molecular weight is 328 g/mol. The number of primary amides is 1. The van der Waals surface area contributed by atoms with Gasteiger partial charge in [0.2, 0.25) is 17.7 Å². The highest BCUT2D eigenvalue weighted by molar-refractivity contribution is 5.94. The molecule has 0 aliphatic carbocycles. The minimum absolute atomic E-state index is 0.155. The normalized spacial score (nSPS) is 20.2. The number of amides is 3. The van der Waals surface area contributed by atoms with E-state index in [9.17, 15) is 19.2 Å². The molecule has 1 heterocycles. The molecule has 9 heteroatoms. The van der Waals surface area contributed by atoms with Gasteiger partial charge in [-0.15, -0.1) is 0 Å². The van der Waals surface area contributed by atoms with Gasteiger partial charge in [-0.2, -0.15) is 0 Å². The molecule has 1 aliphatic rings. The lowest BCUT2D eigenvalue weighted by molar-refractivity contribution is -0.149. The minimum atomic E-state index is -1.20. The summed E-state index contributed by atoms with van der Waals surface area (Å²) in [4.78, 5) is 48.1. The van der Waals surface area contributed by atoms with E-state index in [0.717, 1.165) is 4.90 Å². The molecule has 1 saturated heterocycles. The molecule has 0 saturated carbocycles. The van der Waals surface area contributed by atoms with E-state index in [-0.39, 0.29) is 12.5 Å². The third-order valence-corrected chi connectivity index (χ3v) is 3.86. The highest BCUT2D eigenvalue weighted by Gasteiger charge is 2.38. The molecule has 130 valence electrons. The zero-order chi connectivity index (χ0) is 17.7. The molecule has 3 amide bonds. The van der Waals surface area contributed by atoms with Crippen LogP contribution in [0.15, 0.2) is 0 Å². The van der Waals surface area contributed by atoms with Gasteiger partial charge in [0.25, 0.3) is 0 Å². The predicted octanol–water partition coefficient (Wildman–Crippen LogP) is -1.59. The third-order valence-electron chi connectivity index (χ3n) is 3.86. The van der Waals surface area contributed by atoms with Crippen LogP contribution in [0.5, 0.6) is 0 Å². The van der Waals surface area contributed by atoms with Gasteiger partial charge in [0.15, 0.2) is 0 Å². The van der Waals surface area contributed by atoms with Gasteiger partial charge in [-0.3, -0.25) is 14.4 Å². The average Bonchev–Trinajstić information content (AvgIpc) is 2.93. The van der Waals surface area contributed by atoms with Gasteiger partial charge in [-0.1, -0.05) is 13.8 Å². The van der Waals surface area contributed by atoms with Gasteiger partial charge in [-0.05, 0) is 18.8 Å². The summed E-state index contributed by atoms with van der Waals surface area (Å²) >= 11 is 0. The smallest absolute Gasteiger partial charge is 0.326 e. The van der Waals surface area contributed by atoms with Gasteiger partial charge in [0, 0.05) is 6.54 Å². The highest BCUT2D eigenvalue weighted by Crippen LogP contribution is 2.19. The van der Waals surface area contributed by atoms with Crippen molar-refractivity contribution >= 4 is 23.7 Å². The molecule has 23 heavy (non-hydrogen) atoms. The molecule has 0 radical (unpaired) electrons. The van der Waals surface area contributed by atoms with Crippen molar-refractivity contribution in [2.24, 2.45) is 17.4 Å². The second-order valence-corrected chi connectivity index (χ2v) is 6.03. The molecular formula is C14H24N4O5. The van der Waals surface area contributed by atoms with E-state index in [2.05, 4.69) is 5.32 Å². The van der Waals surface area contributed by atoms with E-state index in [1.54, 1.807) is 13.8 Å². The number of carboxylic acids is 1. The van der Waals surface area contributed by atoms with Gasteiger partial charge < -0.3 is 26.8 Å². The summed E-state index contributed by atoms with van der Waals surface area (Å²) in [5.74, 6) is -3.24. The summed E-state index contributed by atoms with van der Waals surface area (Å²) in [6.45, 7) is 3.75. The summed E-state index contributed by atoms with van der Waals surface area (Å²) in [5.41, 5.74) is 10.8. The van der Waals surface area contributed by atoms with E-state index < -0.39 is 48.2 Å². The summed E-state index contributed by atoms with van der Waals surface area (Å²) in [7, 11) is 0. The summed E-state index contributed by atoms with van der Waals surface area (Å²) < 4.78 is 0. The number of likely N-dealkylation sites (tertiary alicyclic amines) is 1. The van der Waals surface area contributed by atoms with Crippen molar-refractivity contribution in [3.63, 3.8) is 0 Å². The molecule has 3 atom stereocenters. The maximum atomic E-state index is 12.5. The molecule has 6 N–H and O–H groups in total. The van der Waals surface area contributed by atoms with E-state index in [4.69, 9.17) is 16.6 Å². The van der Waals surface area contributed by atoms with Crippen LogP contribution >= 0.6 is 0 Å². The largest absolute Gasteiger partial charge is 0.480 e. The molecule has 1 fully saturated rings. The van der Waals surface area contributed by atoms with E-state index >= 15 is 0 Å². The van der Waals surface area contributed by atoms with Crippen LogP contribution in [0.1, 0.15) is 33.1 Å². The van der Waals surface area contributed by atoms with Crippen molar-refractivity contribution in [1.29, 1.82) is 0 Å². The fourth-order valence-electron chi connectivity index (χ4n) is 2.46. The fourth-order valence-corrected chi connectivity index (χ4v) is 2.46. The van der Waals surface area contributed by atoms with E-state index in [1.807, 2.05) is 0 Å². The van der Waals surface area contributed by atoms with Crippen LogP contribution < -0.4 is 16.8 Å². The summed E-state index contributed by atoms with van der Waals surface area (Å²) in [6, 6.07) is -3.00. The molecule has 0 aromatic heterocycles. The van der Waals surface area contributed by atoms with Gasteiger partial charge in [0.1, 0.15) is 12.1 Å². The molecule has 0 aromatic rings. The van der Waals surface area contributed by atoms with Crippen molar-refractivity contribution in [3.8, 4) is 0 Å². The van der Waals surface area contributed by atoms with Crippen LogP contribution in [0.3, 0.4) is 0 Å². The number of hydrogen-bond donors (Lipinski definition) is 4. The first-order chi connectivity index (χ1) is 10.6. The number of carbonyl (C=O) groups is 4. The first-order valence-electron chi connectivity index (χ1n) is 7.52. The summed E-state index contributed by atoms with van der Waals surface area (Å²) in [6.07, 6.45) is 0.480. The lowest BCUT2D eigenvalue weighted by Crippen LogP contribution is -2.56. The minimum Gasteiger partial charge on any atom is -0.480 e. The zero-order valence-corrected chi connectivity index (χ0v) is 13.3. The Morgan fingerprint density at radius 3 is 2.39 bits per heavy atom.